The average molecular weight is 250 g/mol. The Hall–Kier alpha value is -1.02. The van der Waals surface area contributed by atoms with Crippen molar-refractivity contribution in [3.63, 3.8) is 0 Å². The van der Waals surface area contributed by atoms with Crippen molar-refractivity contribution in [3.05, 3.63) is 40.4 Å². The largest absolute Gasteiger partial charge is 0.387 e. The summed E-state index contributed by atoms with van der Waals surface area (Å²) in [7, 11) is 1.96. The van der Waals surface area contributed by atoms with Crippen LogP contribution in [0.25, 0.3) is 10.8 Å². The quantitative estimate of drug-likeness (QED) is 0.807. The summed E-state index contributed by atoms with van der Waals surface area (Å²) in [4.78, 5) is 0. The summed E-state index contributed by atoms with van der Waals surface area (Å²) in [5.74, 6) is 0. The summed E-state index contributed by atoms with van der Waals surface area (Å²) in [5, 5.41) is 5.77. The van der Waals surface area contributed by atoms with Crippen LogP contribution in [0.3, 0.4) is 0 Å². The molecule has 1 nitrogen and oxygen atoms in total. The van der Waals surface area contributed by atoms with Gasteiger partial charge < -0.3 is 5.32 Å². The molecule has 0 unspecified atom stereocenters. The molecule has 0 aliphatic carbocycles. The van der Waals surface area contributed by atoms with E-state index in [2.05, 4.69) is 58.5 Å². The second-order valence-electron chi connectivity index (χ2n) is 3.37. The first-order chi connectivity index (χ1) is 6.72. The lowest BCUT2D eigenvalue weighted by Crippen LogP contribution is -1.92. The van der Waals surface area contributed by atoms with E-state index in [4.69, 9.17) is 0 Å². The zero-order valence-electron chi connectivity index (χ0n) is 8.26. The van der Waals surface area contributed by atoms with Crippen LogP contribution < -0.4 is 5.32 Å². The van der Waals surface area contributed by atoms with Gasteiger partial charge in [-0.25, -0.2) is 0 Å². The minimum Gasteiger partial charge on any atom is -0.387 e. The third-order valence-corrected chi connectivity index (χ3v) is 2.93. The molecule has 0 saturated heterocycles. The number of fused-ring (bicyclic) bond motifs is 1. The van der Waals surface area contributed by atoms with Crippen molar-refractivity contribution in [1.82, 2.24) is 0 Å². The molecule has 0 saturated carbocycles. The van der Waals surface area contributed by atoms with Crippen molar-refractivity contribution in [2.75, 3.05) is 12.4 Å². The number of halogens is 1. The monoisotopic (exact) mass is 249 g/mol. The first kappa shape index (κ1) is 9.53. The molecule has 2 aromatic carbocycles. The predicted molar refractivity (Wildman–Crippen MR) is 65.9 cm³/mol. The smallest absolute Gasteiger partial charge is 0.0446 e. The van der Waals surface area contributed by atoms with E-state index >= 15 is 0 Å². The number of anilines is 1. The normalized spacial score (nSPS) is 10.5. The SMILES string of the molecule is CNc1c(C)ccc2cc(Br)ccc12. The maximum absolute atomic E-state index is 3.48. The van der Waals surface area contributed by atoms with E-state index < -0.39 is 0 Å². The fourth-order valence-electron chi connectivity index (χ4n) is 1.74. The molecule has 0 aliphatic rings. The van der Waals surface area contributed by atoms with Gasteiger partial charge in [-0.05, 0) is 30.0 Å². The topological polar surface area (TPSA) is 12.0 Å². The number of aryl methyl sites for hydroxylation is 1. The Kier molecular flexibility index (Phi) is 2.46. The molecule has 0 aliphatic heterocycles. The Morgan fingerprint density at radius 3 is 2.64 bits per heavy atom. The summed E-state index contributed by atoms with van der Waals surface area (Å²) >= 11 is 3.48. The van der Waals surface area contributed by atoms with Gasteiger partial charge in [0.05, 0.1) is 0 Å². The summed E-state index contributed by atoms with van der Waals surface area (Å²) < 4.78 is 1.12. The molecule has 1 N–H and O–H groups in total. The van der Waals surface area contributed by atoms with Crippen molar-refractivity contribution in [1.29, 1.82) is 0 Å². The van der Waals surface area contributed by atoms with Gasteiger partial charge in [0.2, 0.25) is 0 Å². The zero-order chi connectivity index (χ0) is 10.1. The molecule has 14 heavy (non-hydrogen) atoms. The van der Waals surface area contributed by atoms with Gasteiger partial charge >= 0.3 is 0 Å². The molecule has 0 heterocycles. The Balaban J connectivity index is 2.82. The highest BCUT2D eigenvalue weighted by atomic mass is 79.9. The number of rotatable bonds is 1. The molecule has 72 valence electrons. The van der Waals surface area contributed by atoms with Crippen LogP contribution >= 0.6 is 15.9 Å². The van der Waals surface area contributed by atoms with E-state index in [0.717, 1.165) is 4.47 Å². The van der Waals surface area contributed by atoms with E-state index in [1.165, 1.54) is 22.0 Å². The highest BCUT2D eigenvalue weighted by Gasteiger charge is 2.02. The molecule has 0 aromatic heterocycles. The van der Waals surface area contributed by atoms with E-state index in [9.17, 15) is 0 Å². The first-order valence-corrected chi connectivity index (χ1v) is 5.38. The van der Waals surface area contributed by atoms with Gasteiger partial charge in [-0.1, -0.05) is 34.1 Å². The van der Waals surface area contributed by atoms with Gasteiger partial charge in [0.1, 0.15) is 0 Å². The van der Waals surface area contributed by atoms with E-state index in [-0.39, 0.29) is 0 Å². The summed E-state index contributed by atoms with van der Waals surface area (Å²) in [6.45, 7) is 2.12. The number of hydrogen-bond donors (Lipinski definition) is 1. The van der Waals surface area contributed by atoms with E-state index in [1.54, 1.807) is 0 Å². The van der Waals surface area contributed by atoms with Crippen LogP contribution in [0.5, 0.6) is 0 Å². The van der Waals surface area contributed by atoms with Crippen molar-refractivity contribution in [2.45, 2.75) is 6.92 Å². The van der Waals surface area contributed by atoms with Crippen LogP contribution in [0.15, 0.2) is 34.8 Å². The lowest BCUT2D eigenvalue weighted by molar-refractivity contribution is 1.43. The first-order valence-electron chi connectivity index (χ1n) is 4.59. The second kappa shape index (κ2) is 3.62. The predicted octanol–water partition coefficient (Wildman–Crippen LogP) is 3.95. The summed E-state index contributed by atoms with van der Waals surface area (Å²) in [6, 6.07) is 10.6. The third kappa shape index (κ3) is 1.50. The van der Waals surface area contributed by atoms with Crippen molar-refractivity contribution < 1.29 is 0 Å². The minimum atomic E-state index is 1.12. The highest BCUT2D eigenvalue weighted by Crippen LogP contribution is 2.28. The molecular formula is C12H12BrN. The fourth-order valence-corrected chi connectivity index (χ4v) is 2.12. The third-order valence-electron chi connectivity index (χ3n) is 2.44. The van der Waals surface area contributed by atoms with Gasteiger partial charge in [-0.15, -0.1) is 0 Å². The van der Waals surface area contributed by atoms with Crippen molar-refractivity contribution in [3.8, 4) is 0 Å². The lowest BCUT2D eigenvalue weighted by atomic mass is 10.1. The van der Waals surface area contributed by atoms with Gasteiger partial charge in [0, 0.05) is 22.6 Å². The van der Waals surface area contributed by atoms with Gasteiger partial charge in [-0.3, -0.25) is 0 Å². The molecule has 0 radical (unpaired) electrons. The molecule has 2 aromatic rings. The van der Waals surface area contributed by atoms with Crippen LogP contribution in [0.1, 0.15) is 5.56 Å². The lowest BCUT2D eigenvalue weighted by Gasteiger charge is -2.09. The van der Waals surface area contributed by atoms with Gasteiger partial charge in [0.15, 0.2) is 0 Å². The molecule has 0 fully saturated rings. The highest BCUT2D eigenvalue weighted by molar-refractivity contribution is 9.10. The number of nitrogens with one attached hydrogen (secondary N) is 1. The van der Waals surface area contributed by atoms with E-state index in [0.29, 0.717) is 0 Å². The molecule has 0 spiro atoms. The van der Waals surface area contributed by atoms with Crippen LogP contribution in [0.2, 0.25) is 0 Å². The summed E-state index contributed by atoms with van der Waals surface area (Å²) in [6.07, 6.45) is 0. The molecular weight excluding hydrogens is 238 g/mol. The molecule has 2 heteroatoms. The number of benzene rings is 2. The Bertz CT molecular complexity index is 477. The number of hydrogen-bond acceptors (Lipinski definition) is 1. The molecule has 0 atom stereocenters. The standard InChI is InChI=1S/C12H12BrN/c1-8-3-4-9-7-10(13)5-6-11(9)12(8)14-2/h3-7,14H,1-2H3. The van der Waals surface area contributed by atoms with Crippen LogP contribution in [-0.4, -0.2) is 7.05 Å². The van der Waals surface area contributed by atoms with Gasteiger partial charge in [-0.2, -0.15) is 0 Å². The van der Waals surface area contributed by atoms with Crippen LogP contribution in [0, 0.1) is 6.92 Å². The maximum Gasteiger partial charge on any atom is 0.0446 e. The molecule has 0 bridgehead atoms. The van der Waals surface area contributed by atoms with Crippen molar-refractivity contribution in [2.24, 2.45) is 0 Å². The van der Waals surface area contributed by atoms with Crippen LogP contribution in [0.4, 0.5) is 5.69 Å². The molecule has 0 amide bonds. The van der Waals surface area contributed by atoms with Gasteiger partial charge in [0.25, 0.3) is 0 Å². The second-order valence-corrected chi connectivity index (χ2v) is 4.29. The Labute approximate surface area is 92.3 Å². The average Bonchev–Trinajstić information content (AvgIpc) is 2.18. The Morgan fingerprint density at radius 2 is 1.93 bits per heavy atom. The molecule has 2 rings (SSSR count). The van der Waals surface area contributed by atoms with E-state index in [1.807, 2.05) is 7.05 Å². The maximum atomic E-state index is 3.48. The van der Waals surface area contributed by atoms with Crippen molar-refractivity contribution >= 4 is 32.4 Å². The Morgan fingerprint density at radius 1 is 1.14 bits per heavy atom. The van der Waals surface area contributed by atoms with Crippen LogP contribution in [-0.2, 0) is 0 Å². The minimum absolute atomic E-state index is 1.12. The fraction of sp³-hybridized carbons (Fsp3) is 0.167. The summed E-state index contributed by atoms with van der Waals surface area (Å²) in [5.41, 5.74) is 2.50. The zero-order valence-corrected chi connectivity index (χ0v) is 9.85.